The summed E-state index contributed by atoms with van der Waals surface area (Å²) in [6.07, 6.45) is 3.14. The number of aromatic hydroxyl groups is 1. The number of rotatable bonds is 7. The highest BCUT2D eigenvalue weighted by atomic mass is 16.5. The van der Waals surface area contributed by atoms with Crippen LogP contribution in [0.5, 0.6) is 17.2 Å². The van der Waals surface area contributed by atoms with Crippen molar-refractivity contribution in [2.75, 3.05) is 13.7 Å². The SMILES string of the molecule is C=CCOc1ccc(/C=N\NC(=O)c2ccc(O)cc2)cc1OC. The van der Waals surface area contributed by atoms with Gasteiger partial charge >= 0.3 is 0 Å². The Kier molecular flexibility index (Phi) is 5.96. The van der Waals surface area contributed by atoms with Gasteiger partial charge in [0.2, 0.25) is 0 Å². The molecule has 0 aliphatic rings. The lowest BCUT2D eigenvalue weighted by Gasteiger charge is -2.09. The van der Waals surface area contributed by atoms with Crippen molar-refractivity contribution < 1.29 is 19.4 Å². The number of amides is 1. The van der Waals surface area contributed by atoms with Gasteiger partial charge in [-0.25, -0.2) is 5.43 Å². The molecular formula is C18H18N2O4. The second-order valence-electron chi connectivity index (χ2n) is 4.76. The van der Waals surface area contributed by atoms with Crippen molar-refractivity contribution in [1.82, 2.24) is 5.43 Å². The average molecular weight is 326 g/mol. The molecule has 0 radical (unpaired) electrons. The van der Waals surface area contributed by atoms with E-state index in [4.69, 9.17) is 9.47 Å². The third-order valence-corrected chi connectivity index (χ3v) is 3.05. The van der Waals surface area contributed by atoms with E-state index in [1.54, 1.807) is 31.4 Å². The number of nitrogens with zero attached hydrogens (tertiary/aromatic N) is 1. The average Bonchev–Trinajstić information content (AvgIpc) is 2.60. The molecular weight excluding hydrogens is 308 g/mol. The first kappa shape index (κ1) is 17.1. The quantitative estimate of drug-likeness (QED) is 0.466. The molecule has 24 heavy (non-hydrogen) atoms. The van der Waals surface area contributed by atoms with Crippen molar-refractivity contribution >= 4 is 12.1 Å². The van der Waals surface area contributed by atoms with Crippen molar-refractivity contribution in [3.63, 3.8) is 0 Å². The second-order valence-corrected chi connectivity index (χ2v) is 4.76. The summed E-state index contributed by atoms with van der Waals surface area (Å²) in [7, 11) is 1.55. The Morgan fingerprint density at radius 1 is 1.25 bits per heavy atom. The maximum absolute atomic E-state index is 11.9. The second kappa shape index (κ2) is 8.38. The summed E-state index contributed by atoms with van der Waals surface area (Å²) >= 11 is 0. The van der Waals surface area contributed by atoms with Gasteiger partial charge < -0.3 is 14.6 Å². The van der Waals surface area contributed by atoms with Gasteiger partial charge in [0, 0.05) is 5.56 Å². The van der Waals surface area contributed by atoms with Crippen LogP contribution in [-0.4, -0.2) is 30.9 Å². The van der Waals surface area contributed by atoms with Gasteiger partial charge in [-0.1, -0.05) is 12.7 Å². The third-order valence-electron chi connectivity index (χ3n) is 3.05. The largest absolute Gasteiger partial charge is 0.508 e. The zero-order valence-corrected chi connectivity index (χ0v) is 13.2. The number of hydrogen-bond acceptors (Lipinski definition) is 5. The zero-order valence-electron chi connectivity index (χ0n) is 13.2. The summed E-state index contributed by atoms with van der Waals surface area (Å²) < 4.78 is 10.7. The van der Waals surface area contributed by atoms with Gasteiger partial charge in [0.1, 0.15) is 12.4 Å². The maximum Gasteiger partial charge on any atom is 0.271 e. The molecule has 2 aromatic rings. The van der Waals surface area contributed by atoms with Gasteiger partial charge in [0.25, 0.3) is 5.91 Å². The van der Waals surface area contributed by atoms with Crippen LogP contribution in [0.25, 0.3) is 0 Å². The molecule has 0 unspecified atom stereocenters. The smallest absolute Gasteiger partial charge is 0.271 e. The fraction of sp³-hybridized carbons (Fsp3) is 0.111. The first-order valence-corrected chi connectivity index (χ1v) is 7.18. The van der Waals surface area contributed by atoms with E-state index in [1.807, 2.05) is 0 Å². The number of phenolic OH excluding ortho intramolecular Hbond substituents is 1. The molecule has 0 spiro atoms. The maximum atomic E-state index is 11.9. The minimum atomic E-state index is -0.371. The van der Waals surface area contributed by atoms with E-state index in [9.17, 15) is 9.90 Å². The van der Waals surface area contributed by atoms with Crippen LogP contribution in [0.2, 0.25) is 0 Å². The van der Waals surface area contributed by atoms with Gasteiger partial charge in [-0.05, 0) is 48.0 Å². The monoisotopic (exact) mass is 326 g/mol. The molecule has 0 heterocycles. The molecule has 1 amide bonds. The van der Waals surface area contributed by atoms with Crippen LogP contribution in [0.3, 0.4) is 0 Å². The molecule has 124 valence electrons. The molecule has 0 saturated carbocycles. The molecule has 6 heteroatoms. The molecule has 0 aliphatic carbocycles. The van der Waals surface area contributed by atoms with Crippen LogP contribution in [-0.2, 0) is 0 Å². The molecule has 2 aromatic carbocycles. The Bertz CT molecular complexity index is 739. The fourth-order valence-corrected chi connectivity index (χ4v) is 1.88. The lowest BCUT2D eigenvalue weighted by molar-refractivity contribution is 0.0955. The number of carbonyl (C=O) groups is 1. The standard InChI is InChI=1S/C18H18N2O4/c1-3-10-24-16-9-4-13(11-17(16)23-2)12-19-20-18(22)14-5-7-15(21)8-6-14/h3-9,11-12,21H,1,10H2,2H3,(H,20,22)/b19-12-. The van der Waals surface area contributed by atoms with E-state index >= 15 is 0 Å². The highest BCUT2D eigenvalue weighted by molar-refractivity contribution is 5.95. The Hall–Kier alpha value is -3.28. The van der Waals surface area contributed by atoms with Crippen LogP contribution in [0.4, 0.5) is 0 Å². The molecule has 0 aliphatic heterocycles. The predicted octanol–water partition coefficient (Wildman–Crippen LogP) is 2.73. The first-order valence-electron chi connectivity index (χ1n) is 7.18. The van der Waals surface area contributed by atoms with Crippen LogP contribution in [0, 0.1) is 0 Å². The lowest BCUT2D eigenvalue weighted by atomic mass is 10.2. The Balaban J connectivity index is 2.02. The molecule has 0 aromatic heterocycles. The van der Waals surface area contributed by atoms with Gasteiger partial charge in [0.05, 0.1) is 13.3 Å². The van der Waals surface area contributed by atoms with E-state index in [1.165, 1.54) is 30.5 Å². The first-order chi connectivity index (χ1) is 11.6. The zero-order chi connectivity index (χ0) is 17.4. The van der Waals surface area contributed by atoms with Crippen LogP contribution < -0.4 is 14.9 Å². The molecule has 2 N–H and O–H groups in total. The topological polar surface area (TPSA) is 80.2 Å². The van der Waals surface area contributed by atoms with Gasteiger partial charge in [-0.3, -0.25) is 4.79 Å². The summed E-state index contributed by atoms with van der Waals surface area (Å²) in [4.78, 5) is 11.9. The Morgan fingerprint density at radius 2 is 2.00 bits per heavy atom. The summed E-state index contributed by atoms with van der Waals surface area (Å²) in [5.74, 6) is 0.887. The van der Waals surface area contributed by atoms with Crippen molar-refractivity contribution in [3.05, 3.63) is 66.2 Å². The van der Waals surface area contributed by atoms with E-state index in [2.05, 4.69) is 17.1 Å². The number of nitrogens with one attached hydrogen (secondary N) is 1. The number of benzene rings is 2. The Labute approximate surface area is 140 Å². The molecule has 0 fully saturated rings. The molecule has 0 bridgehead atoms. The summed E-state index contributed by atoms with van der Waals surface area (Å²) in [6, 6.07) is 11.2. The highest BCUT2D eigenvalue weighted by Gasteiger charge is 2.05. The van der Waals surface area contributed by atoms with E-state index in [-0.39, 0.29) is 11.7 Å². The van der Waals surface area contributed by atoms with Crippen LogP contribution >= 0.6 is 0 Å². The normalized spacial score (nSPS) is 10.4. The van der Waals surface area contributed by atoms with E-state index in [0.717, 1.165) is 5.56 Å². The van der Waals surface area contributed by atoms with Crippen LogP contribution in [0.15, 0.2) is 60.2 Å². The minimum absolute atomic E-state index is 0.0981. The van der Waals surface area contributed by atoms with E-state index in [0.29, 0.717) is 23.7 Å². The van der Waals surface area contributed by atoms with Gasteiger partial charge in [-0.2, -0.15) is 5.10 Å². The summed E-state index contributed by atoms with van der Waals surface area (Å²) in [5, 5.41) is 13.1. The number of hydrazone groups is 1. The molecule has 6 nitrogen and oxygen atoms in total. The highest BCUT2D eigenvalue weighted by Crippen LogP contribution is 2.27. The number of phenols is 1. The number of hydrogen-bond donors (Lipinski definition) is 2. The van der Waals surface area contributed by atoms with Gasteiger partial charge in [0.15, 0.2) is 11.5 Å². The third kappa shape index (κ3) is 4.61. The number of ether oxygens (including phenoxy) is 2. The molecule has 0 saturated heterocycles. The van der Waals surface area contributed by atoms with Crippen molar-refractivity contribution in [3.8, 4) is 17.2 Å². The van der Waals surface area contributed by atoms with Crippen LogP contribution in [0.1, 0.15) is 15.9 Å². The lowest BCUT2D eigenvalue weighted by Crippen LogP contribution is -2.17. The summed E-state index contributed by atoms with van der Waals surface area (Å²) in [6.45, 7) is 3.98. The molecule has 2 rings (SSSR count). The van der Waals surface area contributed by atoms with Crippen molar-refractivity contribution in [2.24, 2.45) is 5.10 Å². The predicted molar refractivity (Wildman–Crippen MR) is 91.9 cm³/mol. The minimum Gasteiger partial charge on any atom is -0.508 e. The Morgan fingerprint density at radius 3 is 2.67 bits per heavy atom. The van der Waals surface area contributed by atoms with Crippen molar-refractivity contribution in [2.45, 2.75) is 0 Å². The van der Waals surface area contributed by atoms with Crippen molar-refractivity contribution in [1.29, 1.82) is 0 Å². The summed E-state index contributed by atoms with van der Waals surface area (Å²) in [5.41, 5.74) is 3.56. The number of methoxy groups -OCH3 is 1. The molecule has 0 atom stereocenters. The van der Waals surface area contributed by atoms with E-state index < -0.39 is 0 Å². The van der Waals surface area contributed by atoms with Gasteiger partial charge in [-0.15, -0.1) is 0 Å². The number of carbonyl (C=O) groups excluding carboxylic acids is 1. The fourth-order valence-electron chi connectivity index (χ4n) is 1.88.